The van der Waals surface area contributed by atoms with Crippen LogP contribution in [0.2, 0.25) is 0 Å². The Morgan fingerprint density at radius 2 is 1.44 bits per heavy atom. The van der Waals surface area contributed by atoms with Crippen molar-refractivity contribution in [3.63, 3.8) is 0 Å². The third-order valence-corrected chi connectivity index (χ3v) is 6.12. The van der Waals surface area contributed by atoms with Gasteiger partial charge in [-0.25, -0.2) is 4.79 Å². The number of imide groups is 2. The van der Waals surface area contributed by atoms with Crippen molar-refractivity contribution >= 4 is 69.3 Å². The first-order valence-corrected chi connectivity index (χ1v) is 11.7. The molecule has 0 bridgehead atoms. The van der Waals surface area contributed by atoms with Crippen LogP contribution in [0.3, 0.4) is 0 Å². The molecule has 4 amide bonds. The zero-order valence-corrected chi connectivity index (χ0v) is 20.8. The van der Waals surface area contributed by atoms with Gasteiger partial charge < -0.3 is 4.84 Å². The number of unbranched alkanes of at least 4 members (excludes halogenated alkanes) is 7. The topological polar surface area (TPSA) is 155 Å². The maximum absolute atomic E-state index is 11.8. The quantitative estimate of drug-likeness (QED) is 0.171. The van der Waals surface area contributed by atoms with Gasteiger partial charge in [0.2, 0.25) is 0 Å². The van der Waals surface area contributed by atoms with Gasteiger partial charge >= 0.3 is 5.97 Å². The first-order chi connectivity index (χ1) is 14.6. The monoisotopic (exact) mass is 481 g/mol. The van der Waals surface area contributed by atoms with Crippen molar-refractivity contribution in [1.82, 2.24) is 9.96 Å². The molecule has 173 valence electrons. The van der Waals surface area contributed by atoms with Crippen LogP contribution >= 0.6 is 0 Å². The third-order valence-electron chi connectivity index (χ3n) is 5.03. The van der Waals surface area contributed by atoms with Crippen LogP contribution < -0.4 is 0 Å². The average Bonchev–Trinajstić information content (AvgIpc) is 3.16. The normalized spacial score (nSPS) is 18.5. The minimum absolute atomic E-state index is 0. The van der Waals surface area contributed by atoms with E-state index in [0.717, 1.165) is 44.9 Å². The fraction of sp³-hybridized carbons (Fsp3) is 0.632. The molecule has 0 aromatic heterocycles. The van der Waals surface area contributed by atoms with Crippen molar-refractivity contribution in [2.45, 2.75) is 69.5 Å². The van der Waals surface area contributed by atoms with Crippen LogP contribution in [0.5, 0.6) is 0 Å². The third kappa shape index (κ3) is 8.39. The summed E-state index contributed by atoms with van der Waals surface area (Å²) in [5.74, 6) is -3.61. The van der Waals surface area contributed by atoms with Crippen molar-refractivity contribution in [1.29, 1.82) is 0 Å². The summed E-state index contributed by atoms with van der Waals surface area (Å²) in [7, 11) is -4.74. The van der Waals surface area contributed by atoms with Gasteiger partial charge in [0.15, 0.2) is 5.25 Å². The molecule has 13 heteroatoms. The molecule has 1 radical (unpaired) electrons. The van der Waals surface area contributed by atoms with E-state index in [-0.39, 0.29) is 52.9 Å². The smallest absolute Gasteiger partial charge is 0.330 e. The zero-order valence-electron chi connectivity index (χ0n) is 18.0. The second-order valence-electron chi connectivity index (χ2n) is 7.44. The molecule has 32 heavy (non-hydrogen) atoms. The van der Waals surface area contributed by atoms with Crippen LogP contribution in [-0.4, -0.2) is 93.9 Å². The standard InChI is InChI=1S/C19H26N2O9S.Na/c22-15-10-11-16(23)20(15)12-8-6-4-2-1-3-5-7-9-18(25)30-21-17(24)13-14(19(21)26)31(27,28)29;/h10-11,14H,1-9,12-13H2,(H,27,28,29);. The Morgan fingerprint density at radius 3 is 1.94 bits per heavy atom. The molecule has 0 aliphatic carbocycles. The SMILES string of the molecule is O=C(CCCCCCCCCCN1C(=O)C=CC1=O)ON1C(=O)CC(S(=O)(=O)O)C1=O.[Na]. The number of carbonyl (C=O) groups excluding carboxylic acids is 5. The van der Waals surface area contributed by atoms with Crippen LogP contribution in [0.4, 0.5) is 0 Å². The molecule has 0 aromatic rings. The molecular formula is C19H26N2NaO9S. The minimum Gasteiger partial charge on any atom is -0.330 e. The van der Waals surface area contributed by atoms with Crippen LogP contribution in [0, 0.1) is 0 Å². The summed E-state index contributed by atoms with van der Waals surface area (Å²) in [5.41, 5.74) is 0. The molecule has 0 aromatic carbocycles. The second kappa shape index (κ2) is 13.2. The average molecular weight is 481 g/mol. The zero-order chi connectivity index (χ0) is 23.0. The van der Waals surface area contributed by atoms with Gasteiger partial charge in [-0.2, -0.15) is 8.42 Å². The van der Waals surface area contributed by atoms with Gasteiger partial charge in [0.25, 0.3) is 33.7 Å². The maximum atomic E-state index is 11.8. The van der Waals surface area contributed by atoms with Crippen molar-refractivity contribution < 1.29 is 41.8 Å². The Labute approximate surface area is 208 Å². The van der Waals surface area contributed by atoms with E-state index < -0.39 is 39.6 Å². The number of rotatable bonds is 13. The first-order valence-electron chi connectivity index (χ1n) is 10.2. The molecule has 11 nitrogen and oxygen atoms in total. The summed E-state index contributed by atoms with van der Waals surface area (Å²) in [4.78, 5) is 63.8. The van der Waals surface area contributed by atoms with E-state index in [9.17, 15) is 32.4 Å². The van der Waals surface area contributed by atoms with Crippen LogP contribution in [0.1, 0.15) is 64.2 Å². The summed E-state index contributed by atoms with van der Waals surface area (Å²) in [5, 5.41) is -1.82. The molecule has 1 fully saturated rings. The molecule has 2 aliphatic rings. The van der Waals surface area contributed by atoms with Gasteiger partial charge in [-0.05, 0) is 12.8 Å². The number of carbonyl (C=O) groups is 5. The molecule has 2 heterocycles. The number of hydroxylamine groups is 2. The summed E-state index contributed by atoms with van der Waals surface area (Å²) >= 11 is 0. The Hall–Kier alpha value is -1.60. The van der Waals surface area contributed by atoms with Gasteiger partial charge in [-0.3, -0.25) is 28.6 Å². The molecular weight excluding hydrogens is 455 g/mol. The molecule has 1 atom stereocenters. The van der Waals surface area contributed by atoms with Gasteiger partial charge in [0.1, 0.15) is 0 Å². The summed E-state index contributed by atoms with van der Waals surface area (Å²) in [6.07, 6.45) is 8.46. The molecule has 2 aliphatic heterocycles. The van der Waals surface area contributed by atoms with E-state index >= 15 is 0 Å². The number of hydrogen-bond acceptors (Lipinski definition) is 8. The molecule has 1 N–H and O–H groups in total. The Balaban J connectivity index is 0.00000512. The van der Waals surface area contributed by atoms with Crippen molar-refractivity contribution in [2.75, 3.05) is 6.54 Å². The van der Waals surface area contributed by atoms with Crippen molar-refractivity contribution in [3.8, 4) is 0 Å². The van der Waals surface area contributed by atoms with Gasteiger partial charge in [0.05, 0.1) is 6.42 Å². The Morgan fingerprint density at radius 1 is 0.938 bits per heavy atom. The predicted octanol–water partition coefficient (Wildman–Crippen LogP) is 0.515. The van der Waals surface area contributed by atoms with Crippen molar-refractivity contribution in [2.24, 2.45) is 0 Å². The largest absolute Gasteiger partial charge is 0.333 e. The van der Waals surface area contributed by atoms with E-state index in [4.69, 9.17) is 4.55 Å². The number of nitrogens with zero attached hydrogens (tertiary/aromatic N) is 2. The van der Waals surface area contributed by atoms with E-state index in [1.54, 1.807) is 0 Å². The molecule has 2 rings (SSSR count). The predicted molar refractivity (Wildman–Crippen MR) is 111 cm³/mol. The number of amides is 4. The van der Waals surface area contributed by atoms with Crippen molar-refractivity contribution in [3.05, 3.63) is 12.2 Å². The van der Waals surface area contributed by atoms with Crippen LogP contribution in [0.25, 0.3) is 0 Å². The maximum Gasteiger partial charge on any atom is 0.333 e. The van der Waals surface area contributed by atoms with Crippen LogP contribution in [0.15, 0.2) is 12.2 Å². The van der Waals surface area contributed by atoms with Crippen LogP contribution in [-0.2, 0) is 38.9 Å². The van der Waals surface area contributed by atoms with E-state index in [1.807, 2.05) is 0 Å². The molecule has 1 saturated heterocycles. The number of hydrogen-bond donors (Lipinski definition) is 1. The summed E-state index contributed by atoms with van der Waals surface area (Å²) in [6, 6.07) is 0. The molecule has 0 saturated carbocycles. The molecule has 0 spiro atoms. The molecule has 1 unspecified atom stereocenters. The fourth-order valence-corrected chi connectivity index (χ4v) is 4.01. The Kier molecular flexibility index (Phi) is 11.7. The first kappa shape index (κ1) is 28.4. The van der Waals surface area contributed by atoms with E-state index in [2.05, 4.69) is 4.84 Å². The van der Waals surface area contributed by atoms with Gasteiger partial charge in [0, 0.05) is 54.7 Å². The fourth-order valence-electron chi connectivity index (χ4n) is 3.31. The van der Waals surface area contributed by atoms with Gasteiger partial charge in [-0.15, -0.1) is 5.06 Å². The Bertz CT molecular complexity index is 854. The summed E-state index contributed by atoms with van der Waals surface area (Å²) in [6.45, 7) is 0.430. The minimum atomic E-state index is -4.74. The van der Waals surface area contributed by atoms with E-state index in [1.165, 1.54) is 17.1 Å². The summed E-state index contributed by atoms with van der Waals surface area (Å²) < 4.78 is 31.0. The van der Waals surface area contributed by atoms with Gasteiger partial charge in [-0.1, -0.05) is 38.5 Å². The second-order valence-corrected chi connectivity index (χ2v) is 9.04. The van der Waals surface area contributed by atoms with E-state index in [0.29, 0.717) is 13.0 Å².